The van der Waals surface area contributed by atoms with Crippen molar-refractivity contribution in [1.29, 1.82) is 0 Å². The summed E-state index contributed by atoms with van der Waals surface area (Å²) in [6, 6.07) is 6.23. The molecule has 1 aromatic rings. The fourth-order valence-electron chi connectivity index (χ4n) is 2.47. The van der Waals surface area contributed by atoms with E-state index in [2.05, 4.69) is 5.32 Å². The van der Waals surface area contributed by atoms with Crippen LogP contribution in [0.25, 0.3) is 0 Å². The van der Waals surface area contributed by atoms with Crippen molar-refractivity contribution in [3.05, 3.63) is 24.3 Å². The number of anilines is 1. The maximum atomic E-state index is 12.3. The molecule has 0 atom stereocenters. The van der Waals surface area contributed by atoms with Gasteiger partial charge in [-0.3, -0.25) is 4.79 Å². The molecule has 2 rings (SSSR count). The van der Waals surface area contributed by atoms with Gasteiger partial charge in [0.25, 0.3) is 0 Å². The summed E-state index contributed by atoms with van der Waals surface area (Å²) < 4.78 is 23.0. The second-order valence-electron chi connectivity index (χ2n) is 5.47. The van der Waals surface area contributed by atoms with Crippen molar-refractivity contribution in [1.82, 2.24) is 0 Å². The van der Waals surface area contributed by atoms with Gasteiger partial charge < -0.3 is 11.1 Å². The number of hydrogen-bond donors (Lipinski definition) is 2. The number of amides is 1. The average Bonchev–Trinajstić information content (AvgIpc) is 2.39. The Morgan fingerprint density at radius 1 is 1.24 bits per heavy atom. The Kier molecular flexibility index (Phi) is 5.78. The topological polar surface area (TPSA) is 89.3 Å². The van der Waals surface area contributed by atoms with Gasteiger partial charge in [-0.2, -0.15) is 0 Å². The lowest BCUT2D eigenvalue weighted by atomic mass is 9.82. The number of halogens is 1. The van der Waals surface area contributed by atoms with E-state index < -0.39 is 15.4 Å². The quantitative estimate of drug-likeness (QED) is 0.887. The van der Waals surface area contributed by atoms with Crippen molar-refractivity contribution in [3.63, 3.8) is 0 Å². The normalized spacial score (nSPS) is 17.6. The molecule has 0 spiro atoms. The monoisotopic (exact) mass is 332 g/mol. The largest absolute Gasteiger partial charge is 0.324 e. The molecule has 0 unspecified atom stereocenters. The summed E-state index contributed by atoms with van der Waals surface area (Å²) in [6.45, 7) is 0. The van der Waals surface area contributed by atoms with Gasteiger partial charge in [-0.25, -0.2) is 8.42 Å². The predicted molar refractivity (Wildman–Crippen MR) is 85.4 cm³/mol. The van der Waals surface area contributed by atoms with Crippen LogP contribution in [0.4, 0.5) is 5.69 Å². The van der Waals surface area contributed by atoms with Crippen LogP contribution in [0.15, 0.2) is 29.2 Å². The van der Waals surface area contributed by atoms with Crippen LogP contribution in [0.1, 0.15) is 32.1 Å². The fourth-order valence-corrected chi connectivity index (χ4v) is 3.14. The van der Waals surface area contributed by atoms with Gasteiger partial charge in [0.2, 0.25) is 5.91 Å². The van der Waals surface area contributed by atoms with Crippen molar-refractivity contribution in [2.24, 2.45) is 5.73 Å². The average molecular weight is 333 g/mol. The van der Waals surface area contributed by atoms with Crippen molar-refractivity contribution >= 4 is 33.8 Å². The molecule has 1 aliphatic carbocycles. The predicted octanol–water partition coefficient (Wildman–Crippen LogP) is 2.11. The second kappa shape index (κ2) is 6.77. The van der Waals surface area contributed by atoms with Gasteiger partial charge in [-0.05, 0) is 31.0 Å². The van der Waals surface area contributed by atoms with Crippen LogP contribution in [0.3, 0.4) is 0 Å². The Labute approximate surface area is 131 Å². The highest BCUT2D eigenvalue weighted by molar-refractivity contribution is 7.90. The van der Waals surface area contributed by atoms with E-state index in [9.17, 15) is 13.2 Å². The Bertz CT molecular complexity index is 610. The molecule has 0 heterocycles. The molecule has 0 aromatic heterocycles. The molecular formula is C14H21ClN2O3S. The number of nitrogens with two attached hydrogens (primary N) is 1. The van der Waals surface area contributed by atoms with E-state index in [1.807, 2.05) is 0 Å². The molecule has 3 N–H and O–H groups in total. The minimum Gasteiger partial charge on any atom is -0.324 e. The summed E-state index contributed by atoms with van der Waals surface area (Å²) in [5, 5.41) is 2.74. The van der Waals surface area contributed by atoms with Crippen molar-refractivity contribution in [2.45, 2.75) is 42.5 Å². The number of sulfone groups is 1. The van der Waals surface area contributed by atoms with Crippen LogP contribution < -0.4 is 11.1 Å². The van der Waals surface area contributed by atoms with Crippen LogP contribution in [0.5, 0.6) is 0 Å². The minimum absolute atomic E-state index is 0. The highest BCUT2D eigenvalue weighted by Gasteiger charge is 2.35. The van der Waals surface area contributed by atoms with E-state index in [1.165, 1.54) is 12.1 Å². The lowest BCUT2D eigenvalue weighted by Crippen LogP contribution is -2.52. The van der Waals surface area contributed by atoms with Crippen LogP contribution >= 0.6 is 12.4 Å². The number of nitrogens with one attached hydrogen (secondary N) is 1. The third-order valence-corrected chi connectivity index (χ3v) is 4.83. The number of carbonyl (C=O) groups excluding carboxylic acids is 1. The standard InChI is InChI=1S/C14H20N2O3S.ClH/c1-20(18,19)12-7-5-6-11(10-12)16-13(17)14(15)8-3-2-4-9-14;/h5-7,10H,2-4,8-9,15H2,1H3,(H,16,17);1H. The smallest absolute Gasteiger partial charge is 0.244 e. The van der Waals surface area contributed by atoms with Crippen LogP contribution in [-0.4, -0.2) is 26.1 Å². The number of rotatable bonds is 3. The molecule has 0 radical (unpaired) electrons. The van der Waals surface area contributed by atoms with Crippen molar-refractivity contribution < 1.29 is 13.2 Å². The first-order valence-corrected chi connectivity index (χ1v) is 8.61. The summed E-state index contributed by atoms with van der Waals surface area (Å²) in [4.78, 5) is 12.4. The lowest BCUT2D eigenvalue weighted by molar-refractivity contribution is -0.122. The molecule has 0 aliphatic heterocycles. The maximum Gasteiger partial charge on any atom is 0.244 e. The van der Waals surface area contributed by atoms with Gasteiger partial charge >= 0.3 is 0 Å². The van der Waals surface area contributed by atoms with Gasteiger partial charge in [0.15, 0.2) is 9.84 Å². The van der Waals surface area contributed by atoms with Gasteiger partial charge in [0.05, 0.1) is 10.4 Å². The van der Waals surface area contributed by atoms with E-state index in [0.29, 0.717) is 18.5 Å². The summed E-state index contributed by atoms with van der Waals surface area (Å²) in [5.74, 6) is -0.233. The molecule has 1 aliphatic rings. The fraction of sp³-hybridized carbons (Fsp3) is 0.500. The van der Waals surface area contributed by atoms with Gasteiger partial charge in [-0.15, -0.1) is 12.4 Å². The maximum absolute atomic E-state index is 12.3. The number of benzene rings is 1. The summed E-state index contributed by atoms with van der Waals surface area (Å²) in [6.07, 6.45) is 5.49. The number of carbonyl (C=O) groups is 1. The molecule has 7 heteroatoms. The van der Waals surface area contributed by atoms with E-state index in [0.717, 1.165) is 25.5 Å². The molecule has 1 fully saturated rings. The van der Waals surface area contributed by atoms with Crippen LogP contribution in [0.2, 0.25) is 0 Å². The molecule has 0 bridgehead atoms. The van der Waals surface area contributed by atoms with E-state index in [-0.39, 0.29) is 23.2 Å². The summed E-state index contributed by atoms with van der Waals surface area (Å²) >= 11 is 0. The summed E-state index contributed by atoms with van der Waals surface area (Å²) in [7, 11) is -3.28. The molecule has 21 heavy (non-hydrogen) atoms. The zero-order valence-electron chi connectivity index (χ0n) is 12.0. The van der Waals surface area contributed by atoms with E-state index in [1.54, 1.807) is 12.1 Å². The van der Waals surface area contributed by atoms with Crippen molar-refractivity contribution in [3.8, 4) is 0 Å². The molecule has 1 amide bonds. The lowest BCUT2D eigenvalue weighted by Gasteiger charge is -2.31. The number of hydrogen-bond acceptors (Lipinski definition) is 4. The molecule has 0 saturated heterocycles. The third kappa shape index (κ3) is 4.43. The van der Waals surface area contributed by atoms with Crippen LogP contribution in [-0.2, 0) is 14.6 Å². The first-order chi connectivity index (χ1) is 9.31. The van der Waals surface area contributed by atoms with Crippen molar-refractivity contribution in [2.75, 3.05) is 11.6 Å². The van der Waals surface area contributed by atoms with Crippen LogP contribution in [0, 0.1) is 0 Å². The molecule has 5 nitrogen and oxygen atoms in total. The Morgan fingerprint density at radius 2 is 1.86 bits per heavy atom. The Balaban J connectivity index is 0.00000220. The molecule has 1 saturated carbocycles. The molecule has 118 valence electrons. The van der Waals surface area contributed by atoms with Gasteiger partial charge in [0.1, 0.15) is 0 Å². The first kappa shape index (κ1) is 17.9. The minimum atomic E-state index is -3.28. The molecular weight excluding hydrogens is 312 g/mol. The molecule has 1 aromatic carbocycles. The van der Waals surface area contributed by atoms with E-state index >= 15 is 0 Å². The van der Waals surface area contributed by atoms with Gasteiger partial charge in [-0.1, -0.05) is 25.3 Å². The van der Waals surface area contributed by atoms with E-state index in [4.69, 9.17) is 5.73 Å². The zero-order chi connectivity index (χ0) is 14.8. The third-order valence-electron chi connectivity index (χ3n) is 3.72. The highest BCUT2D eigenvalue weighted by atomic mass is 35.5. The highest BCUT2D eigenvalue weighted by Crippen LogP contribution is 2.27. The summed E-state index contributed by atoms with van der Waals surface area (Å²) in [5.41, 5.74) is 5.78. The first-order valence-electron chi connectivity index (χ1n) is 6.72. The Hall–Kier alpha value is -1.11. The SMILES string of the molecule is CS(=O)(=O)c1cccc(NC(=O)C2(N)CCCCC2)c1.Cl. The van der Waals surface area contributed by atoms with Gasteiger partial charge in [0, 0.05) is 11.9 Å². The zero-order valence-corrected chi connectivity index (χ0v) is 13.6. The Morgan fingerprint density at radius 3 is 2.43 bits per heavy atom. The second-order valence-corrected chi connectivity index (χ2v) is 7.49.